The van der Waals surface area contributed by atoms with Crippen LogP contribution in [0.15, 0.2) is 30.5 Å². The first-order chi connectivity index (χ1) is 11.6. The van der Waals surface area contributed by atoms with Crippen molar-refractivity contribution in [1.29, 1.82) is 0 Å². The number of nitrogens with zero attached hydrogens (tertiary/aromatic N) is 3. The summed E-state index contributed by atoms with van der Waals surface area (Å²) >= 11 is 0. The maximum atomic E-state index is 13.1. The van der Waals surface area contributed by atoms with E-state index in [0.717, 1.165) is 56.9 Å². The lowest BCUT2D eigenvalue weighted by Gasteiger charge is -2.25. The van der Waals surface area contributed by atoms with E-state index in [1.165, 1.54) is 17.7 Å². The lowest BCUT2D eigenvalue weighted by Crippen LogP contribution is -2.31. The van der Waals surface area contributed by atoms with Crippen LogP contribution in [0.3, 0.4) is 0 Å². The van der Waals surface area contributed by atoms with Gasteiger partial charge >= 0.3 is 0 Å². The number of aromatic nitrogens is 2. The van der Waals surface area contributed by atoms with Crippen LogP contribution in [0.1, 0.15) is 36.6 Å². The van der Waals surface area contributed by atoms with Crippen molar-refractivity contribution in [2.24, 2.45) is 0 Å². The van der Waals surface area contributed by atoms with Crippen molar-refractivity contribution in [3.05, 3.63) is 53.1 Å². The van der Waals surface area contributed by atoms with Crippen LogP contribution in [0, 0.1) is 12.7 Å². The van der Waals surface area contributed by atoms with Crippen molar-refractivity contribution in [2.75, 3.05) is 13.2 Å². The molecule has 0 aliphatic carbocycles. The van der Waals surface area contributed by atoms with Gasteiger partial charge in [0.15, 0.2) is 0 Å². The Kier molecular flexibility index (Phi) is 5.63. The van der Waals surface area contributed by atoms with E-state index in [1.54, 1.807) is 0 Å². The Morgan fingerprint density at radius 2 is 2.08 bits per heavy atom. The summed E-state index contributed by atoms with van der Waals surface area (Å²) in [5.74, 6) is -0.190. The second kappa shape index (κ2) is 7.90. The minimum Gasteiger partial charge on any atom is -0.377 e. The molecule has 0 spiro atoms. The minimum absolute atomic E-state index is 0.190. The molecule has 2 heterocycles. The Balaban J connectivity index is 1.72. The molecule has 0 unspecified atom stereocenters. The summed E-state index contributed by atoms with van der Waals surface area (Å²) in [6.45, 7) is 8.42. The van der Waals surface area contributed by atoms with Crippen LogP contribution in [-0.4, -0.2) is 33.9 Å². The van der Waals surface area contributed by atoms with Gasteiger partial charge in [-0.25, -0.2) is 4.39 Å². The lowest BCUT2D eigenvalue weighted by atomic mass is 10.1. The molecule has 5 heteroatoms. The Bertz CT molecular complexity index is 647. The molecule has 1 aliphatic rings. The second-order valence-corrected chi connectivity index (χ2v) is 6.53. The van der Waals surface area contributed by atoms with Crippen molar-refractivity contribution in [3.63, 3.8) is 0 Å². The largest absolute Gasteiger partial charge is 0.377 e. The summed E-state index contributed by atoms with van der Waals surface area (Å²) in [6, 6.07) is 6.78. The Labute approximate surface area is 143 Å². The smallest absolute Gasteiger partial charge is 0.123 e. The number of hydrogen-bond acceptors (Lipinski definition) is 3. The lowest BCUT2D eigenvalue weighted by molar-refractivity contribution is 0.0678. The van der Waals surface area contributed by atoms with Gasteiger partial charge in [0, 0.05) is 44.5 Å². The summed E-state index contributed by atoms with van der Waals surface area (Å²) < 4.78 is 20.9. The van der Waals surface area contributed by atoms with Gasteiger partial charge < -0.3 is 4.74 Å². The molecular formula is C19H26FN3O. The van der Waals surface area contributed by atoms with Gasteiger partial charge in [-0.1, -0.05) is 12.1 Å². The fourth-order valence-electron chi connectivity index (χ4n) is 3.23. The van der Waals surface area contributed by atoms with Gasteiger partial charge in [-0.2, -0.15) is 5.10 Å². The van der Waals surface area contributed by atoms with E-state index in [-0.39, 0.29) is 5.82 Å². The van der Waals surface area contributed by atoms with Crippen molar-refractivity contribution in [2.45, 2.75) is 52.4 Å². The zero-order valence-electron chi connectivity index (χ0n) is 14.5. The van der Waals surface area contributed by atoms with Gasteiger partial charge in [0.1, 0.15) is 5.82 Å². The van der Waals surface area contributed by atoms with Crippen molar-refractivity contribution in [1.82, 2.24) is 14.7 Å². The minimum atomic E-state index is -0.190. The fourth-order valence-corrected chi connectivity index (χ4v) is 3.23. The zero-order valence-corrected chi connectivity index (χ0v) is 14.5. The van der Waals surface area contributed by atoms with Crippen LogP contribution in [0.2, 0.25) is 0 Å². The molecule has 1 aromatic heterocycles. The van der Waals surface area contributed by atoms with E-state index in [9.17, 15) is 4.39 Å². The predicted molar refractivity (Wildman–Crippen MR) is 92.1 cm³/mol. The van der Waals surface area contributed by atoms with Gasteiger partial charge in [-0.15, -0.1) is 0 Å². The molecule has 0 radical (unpaired) electrons. The van der Waals surface area contributed by atoms with E-state index in [4.69, 9.17) is 4.74 Å². The third kappa shape index (κ3) is 4.42. The molecule has 1 aliphatic heterocycles. The Morgan fingerprint density at radius 1 is 1.29 bits per heavy atom. The molecule has 0 N–H and O–H groups in total. The zero-order chi connectivity index (χ0) is 16.9. The second-order valence-electron chi connectivity index (χ2n) is 6.53. The van der Waals surface area contributed by atoms with Gasteiger partial charge in [0.25, 0.3) is 0 Å². The fraction of sp³-hybridized carbons (Fsp3) is 0.526. The van der Waals surface area contributed by atoms with E-state index >= 15 is 0 Å². The highest BCUT2D eigenvalue weighted by Crippen LogP contribution is 2.18. The van der Waals surface area contributed by atoms with Crippen LogP contribution in [-0.2, 0) is 24.4 Å². The molecule has 24 heavy (non-hydrogen) atoms. The predicted octanol–water partition coefficient (Wildman–Crippen LogP) is 3.53. The van der Waals surface area contributed by atoms with E-state index in [2.05, 4.69) is 30.0 Å². The van der Waals surface area contributed by atoms with Crippen LogP contribution < -0.4 is 0 Å². The molecule has 1 aromatic carbocycles. The highest BCUT2D eigenvalue weighted by atomic mass is 19.1. The molecule has 1 saturated heterocycles. The number of aryl methyl sites for hydroxylation is 2. The molecule has 4 nitrogen and oxygen atoms in total. The molecule has 0 saturated carbocycles. The van der Waals surface area contributed by atoms with E-state index in [0.29, 0.717) is 6.10 Å². The maximum Gasteiger partial charge on any atom is 0.123 e. The molecule has 130 valence electrons. The first-order valence-electron chi connectivity index (χ1n) is 8.75. The highest BCUT2D eigenvalue weighted by Gasteiger charge is 2.20. The van der Waals surface area contributed by atoms with Crippen molar-refractivity contribution in [3.8, 4) is 0 Å². The van der Waals surface area contributed by atoms with Crippen LogP contribution >= 0.6 is 0 Å². The highest BCUT2D eigenvalue weighted by molar-refractivity contribution is 5.18. The van der Waals surface area contributed by atoms with E-state index in [1.807, 2.05) is 16.8 Å². The first kappa shape index (κ1) is 17.1. The van der Waals surface area contributed by atoms with Gasteiger partial charge in [0.2, 0.25) is 0 Å². The molecule has 2 aromatic rings. The van der Waals surface area contributed by atoms with Crippen molar-refractivity contribution >= 4 is 0 Å². The number of rotatable bonds is 7. The summed E-state index contributed by atoms with van der Waals surface area (Å²) in [7, 11) is 0. The topological polar surface area (TPSA) is 30.3 Å². The number of halogens is 1. The Hall–Kier alpha value is -1.72. The monoisotopic (exact) mass is 331 g/mol. The third-order valence-electron chi connectivity index (χ3n) is 4.57. The number of hydrogen-bond donors (Lipinski definition) is 0. The first-order valence-corrected chi connectivity index (χ1v) is 8.75. The molecule has 1 atom stereocenters. The molecule has 3 rings (SSSR count). The molecule has 1 fully saturated rings. The molecule has 0 amide bonds. The summed E-state index contributed by atoms with van der Waals surface area (Å²) in [6.07, 6.45) is 4.68. The average Bonchev–Trinajstić information content (AvgIpc) is 3.20. The SMILES string of the molecule is CCn1cc(CN(Cc2ccc(F)cc2)C[C@H]2CCCO2)c(C)n1. The normalized spacial score (nSPS) is 17.8. The summed E-state index contributed by atoms with van der Waals surface area (Å²) in [4.78, 5) is 2.38. The summed E-state index contributed by atoms with van der Waals surface area (Å²) in [5, 5.41) is 4.54. The molecule has 0 bridgehead atoms. The molecular weight excluding hydrogens is 305 g/mol. The number of ether oxygens (including phenoxy) is 1. The quantitative estimate of drug-likeness (QED) is 0.777. The summed E-state index contributed by atoms with van der Waals surface area (Å²) in [5.41, 5.74) is 3.44. The van der Waals surface area contributed by atoms with Gasteiger partial charge in [0.05, 0.1) is 11.8 Å². The maximum absolute atomic E-state index is 13.1. The van der Waals surface area contributed by atoms with Crippen LogP contribution in [0.25, 0.3) is 0 Å². The van der Waals surface area contributed by atoms with E-state index < -0.39 is 0 Å². The van der Waals surface area contributed by atoms with Gasteiger partial charge in [-0.05, 0) is 44.4 Å². The van der Waals surface area contributed by atoms with Crippen LogP contribution in [0.4, 0.5) is 4.39 Å². The third-order valence-corrected chi connectivity index (χ3v) is 4.57. The van der Waals surface area contributed by atoms with Crippen molar-refractivity contribution < 1.29 is 9.13 Å². The average molecular weight is 331 g/mol. The van der Waals surface area contributed by atoms with Gasteiger partial charge in [-0.3, -0.25) is 9.58 Å². The Morgan fingerprint density at radius 3 is 2.71 bits per heavy atom. The number of benzene rings is 1. The van der Waals surface area contributed by atoms with Crippen LogP contribution in [0.5, 0.6) is 0 Å². The standard InChI is InChI=1S/C19H26FN3O/c1-3-23-13-17(15(2)21-23)12-22(14-19-5-4-10-24-19)11-16-6-8-18(20)9-7-16/h6-9,13,19H,3-5,10-12,14H2,1-2H3/t19-/m1/s1.